The first-order valence-corrected chi connectivity index (χ1v) is 6.59. The molecule has 1 aromatic carbocycles. The fourth-order valence-electron chi connectivity index (χ4n) is 2.53. The Morgan fingerprint density at radius 3 is 2.59 bits per heavy atom. The number of hydrogen-bond donors (Lipinski definition) is 1. The Hall–Kier alpha value is -2.57. The van der Waals surface area contributed by atoms with Crippen LogP contribution >= 0.6 is 0 Å². The van der Waals surface area contributed by atoms with Gasteiger partial charge in [-0.2, -0.15) is 13.2 Å². The minimum absolute atomic E-state index is 0.235. The van der Waals surface area contributed by atoms with E-state index in [0.717, 1.165) is 18.4 Å². The molecule has 7 heteroatoms. The van der Waals surface area contributed by atoms with Crippen LogP contribution in [0.5, 0.6) is 0 Å². The predicted molar refractivity (Wildman–Crippen MR) is 74.9 cm³/mol. The maximum absolute atomic E-state index is 12.9. The molecule has 0 radical (unpaired) electrons. The third kappa shape index (κ3) is 2.28. The molecule has 0 unspecified atom stereocenters. The molecule has 0 bridgehead atoms. The first-order chi connectivity index (χ1) is 10.4. The molecule has 22 heavy (non-hydrogen) atoms. The molecule has 0 saturated carbocycles. The van der Waals surface area contributed by atoms with E-state index in [1.807, 2.05) is 0 Å². The molecule has 0 aliphatic carbocycles. The van der Waals surface area contributed by atoms with Gasteiger partial charge in [0.25, 0.3) is 5.56 Å². The van der Waals surface area contributed by atoms with Crippen molar-refractivity contribution >= 4 is 22.8 Å². The number of aryl methyl sites for hydroxylation is 1. The number of carbonyl (C=O) groups is 1. The fraction of sp³-hybridized carbons (Fsp3) is 0.200. The quantitative estimate of drug-likeness (QED) is 0.756. The summed E-state index contributed by atoms with van der Waals surface area (Å²) in [5, 5.41) is 0. The number of fused-ring (bicyclic) bond motifs is 3. The van der Waals surface area contributed by atoms with Crippen LogP contribution in [-0.2, 0) is 17.4 Å². The molecular formula is C15H11F3N2O2. The Bertz CT molecular complexity index is 922. The molecular weight excluding hydrogens is 297 g/mol. The van der Waals surface area contributed by atoms with E-state index in [1.165, 1.54) is 10.5 Å². The number of aldehydes is 1. The zero-order valence-electron chi connectivity index (χ0n) is 11.3. The summed E-state index contributed by atoms with van der Waals surface area (Å²) in [6.45, 7) is 0. The monoisotopic (exact) mass is 308 g/mol. The summed E-state index contributed by atoms with van der Waals surface area (Å²) in [5.74, 6) is 0. The van der Waals surface area contributed by atoms with Crippen LogP contribution in [0.25, 0.3) is 16.6 Å². The van der Waals surface area contributed by atoms with Crippen LogP contribution in [0.4, 0.5) is 13.2 Å². The third-order valence-corrected chi connectivity index (χ3v) is 3.53. The zero-order chi connectivity index (χ0) is 15.9. The van der Waals surface area contributed by atoms with Crippen molar-refractivity contribution in [2.75, 3.05) is 0 Å². The average molecular weight is 308 g/mol. The number of hydrogen-bond acceptors (Lipinski definition) is 2. The second-order valence-corrected chi connectivity index (χ2v) is 4.93. The van der Waals surface area contributed by atoms with Gasteiger partial charge in [-0.25, -0.2) is 0 Å². The normalized spacial score (nSPS) is 12.1. The van der Waals surface area contributed by atoms with Crippen LogP contribution in [0.15, 0.2) is 35.1 Å². The number of halogens is 3. The van der Waals surface area contributed by atoms with Gasteiger partial charge in [-0.3, -0.25) is 4.79 Å². The molecule has 0 spiro atoms. The van der Waals surface area contributed by atoms with Gasteiger partial charge < -0.3 is 14.2 Å². The van der Waals surface area contributed by atoms with E-state index in [2.05, 4.69) is 4.98 Å². The number of alkyl halides is 3. The fourth-order valence-corrected chi connectivity index (χ4v) is 2.53. The lowest BCUT2D eigenvalue weighted by Gasteiger charge is -2.10. The third-order valence-electron chi connectivity index (χ3n) is 3.53. The highest BCUT2D eigenvalue weighted by atomic mass is 19.4. The molecule has 0 saturated heterocycles. The lowest BCUT2D eigenvalue weighted by atomic mass is 10.1. The van der Waals surface area contributed by atoms with Gasteiger partial charge in [-0.05, 0) is 36.8 Å². The molecule has 114 valence electrons. The van der Waals surface area contributed by atoms with Crippen molar-refractivity contribution in [3.05, 3.63) is 51.9 Å². The molecule has 0 fully saturated rings. The highest BCUT2D eigenvalue weighted by Gasteiger charge is 2.30. The largest absolute Gasteiger partial charge is 0.416 e. The smallest absolute Gasteiger partial charge is 0.319 e. The van der Waals surface area contributed by atoms with E-state index in [1.54, 1.807) is 12.1 Å². The first-order valence-electron chi connectivity index (χ1n) is 6.59. The maximum atomic E-state index is 12.9. The molecule has 0 aliphatic heterocycles. The maximum Gasteiger partial charge on any atom is 0.416 e. The van der Waals surface area contributed by atoms with E-state index in [0.29, 0.717) is 17.6 Å². The summed E-state index contributed by atoms with van der Waals surface area (Å²) in [7, 11) is 0. The molecule has 4 nitrogen and oxygen atoms in total. The van der Waals surface area contributed by atoms with Crippen LogP contribution < -0.4 is 5.56 Å². The van der Waals surface area contributed by atoms with E-state index >= 15 is 0 Å². The zero-order valence-corrected chi connectivity index (χ0v) is 11.3. The van der Waals surface area contributed by atoms with Gasteiger partial charge in [0.2, 0.25) is 0 Å². The summed E-state index contributed by atoms with van der Waals surface area (Å²) >= 11 is 0. The van der Waals surface area contributed by atoms with Gasteiger partial charge in [-0.15, -0.1) is 0 Å². The van der Waals surface area contributed by atoms with Gasteiger partial charge >= 0.3 is 6.18 Å². The Morgan fingerprint density at radius 1 is 1.14 bits per heavy atom. The van der Waals surface area contributed by atoms with Crippen LogP contribution in [0.2, 0.25) is 0 Å². The van der Waals surface area contributed by atoms with E-state index in [4.69, 9.17) is 0 Å². The van der Waals surface area contributed by atoms with Gasteiger partial charge in [0.1, 0.15) is 11.8 Å². The number of benzene rings is 1. The number of aromatic amines is 1. The van der Waals surface area contributed by atoms with E-state index in [9.17, 15) is 22.8 Å². The number of H-pyrrole nitrogens is 1. The van der Waals surface area contributed by atoms with Crippen LogP contribution in [0, 0.1) is 0 Å². The minimum atomic E-state index is -4.47. The van der Waals surface area contributed by atoms with Crippen molar-refractivity contribution in [3.8, 4) is 0 Å². The van der Waals surface area contributed by atoms with Crippen molar-refractivity contribution in [1.82, 2.24) is 9.38 Å². The van der Waals surface area contributed by atoms with E-state index in [-0.39, 0.29) is 23.0 Å². The van der Waals surface area contributed by atoms with Crippen LogP contribution in [-0.4, -0.2) is 15.7 Å². The Kier molecular flexibility index (Phi) is 3.27. The molecule has 0 amide bonds. The van der Waals surface area contributed by atoms with Gasteiger partial charge in [0, 0.05) is 12.1 Å². The standard InChI is InChI=1S/C15H11F3N2O2/c16-15(17,18)9-3-5-11-13(8-9)20-10(2-1-7-21)4-6-12(20)14(22)19-11/h3-8H,1-2H2,(H,19,22). The lowest BCUT2D eigenvalue weighted by molar-refractivity contribution is -0.137. The topological polar surface area (TPSA) is 54.3 Å². The van der Waals surface area contributed by atoms with Gasteiger partial charge in [0.05, 0.1) is 16.6 Å². The molecule has 0 aliphatic rings. The Balaban J connectivity index is 2.37. The minimum Gasteiger partial charge on any atom is -0.319 e. The highest BCUT2D eigenvalue weighted by molar-refractivity contribution is 5.79. The summed E-state index contributed by atoms with van der Waals surface area (Å²) in [5.41, 5.74) is 0.280. The number of carbonyl (C=O) groups excluding carboxylic acids is 1. The summed E-state index contributed by atoms with van der Waals surface area (Å²) in [6, 6.07) is 6.36. The van der Waals surface area contributed by atoms with Crippen molar-refractivity contribution in [2.45, 2.75) is 19.0 Å². The lowest BCUT2D eigenvalue weighted by Crippen LogP contribution is -2.12. The summed E-state index contributed by atoms with van der Waals surface area (Å²) < 4.78 is 40.2. The number of aromatic nitrogens is 2. The second-order valence-electron chi connectivity index (χ2n) is 4.93. The van der Waals surface area contributed by atoms with Crippen molar-refractivity contribution in [2.24, 2.45) is 0 Å². The molecule has 2 aromatic heterocycles. The van der Waals surface area contributed by atoms with Crippen molar-refractivity contribution in [1.29, 1.82) is 0 Å². The molecule has 2 heterocycles. The molecule has 1 N–H and O–H groups in total. The first kappa shape index (κ1) is 14.4. The SMILES string of the molecule is O=CCCc1ccc2c(=O)[nH]c3ccc(C(F)(F)F)cc3n12. The average Bonchev–Trinajstić information content (AvgIpc) is 2.88. The number of nitrogens with one attached hydrogen (secondary N) is 1. The summed E-state index contributed by atoms with van der Waals surface area (Å²) in [6.07, 6.45) is -3.14. The molecule has 3 rings (SSSR count). The van der Waals surface area contributed by atoms with Gasteiger partial charge in [0.15, 0.2) is 0 Å². The van der Waals surface area contributed by atoms with Crippen molar-refractivity contribution < 1.29 is 18.0 Å². The number of nitrogens with zero attached hydrogens (tertiary/aromatic N) is 1. The number of rotatable bonds is 3. The predicted octanol–water partition coefficient (Wildman–Crippen LogP) is 2.93. The Labute approximate surface area is 122 Å². The van der Waals surface area contributed by atoms with Crippen LogP contribution in [0.1, 0.15) is 17.7 Å². The Morgan fingerprint density at radius 2 is 1.91 bits per heavy atom. The van der Waals surface area contributed by atoms with Crippen LogP contribution in [0.3, 0.4) is 0 Å². The van der Waals surface area contributed by atoms with E-state index < -0.39 is 11.7 Å². The van der Waals surface area contributed by atoms with Gasteiger partial charge in [-0.1, -0.05) is 0 Å². The summed E-state index contributed by atoms with van der Waals surface area (Å²) in [4.78, 5) is 25.1. The highest BCUT2D eigenvalue weighted by Crippen LogP contribution is 2.31. The molecule has 3 aromatic rings. The van der Waals surface area contributed by atoms with Crippen molar-refractivity contribution in [3.63, 3.8) is 0 Å². The molecule has 0 atom stereocenters. The second kappa shape index (κ2) is 5.01.